The van der Waals surface area contributed by atoms with Gasteiger partial charge >= 0.3 is 12.2 Å². The Bertz CT molecular complexity index is 2750. The smallest absolute Gasteiger partial charge is 0.407 e. The third-order valence-corrected chi connectivity index (χ3v) is 14.5. The maximum Gasteiger partial charge on any atom is 0.407 e. The number of imidazole rings is 2. The number of carbonyl (C=O) groups excluding carboxylic acids is 4. The van der Waals surface area contributed by atoms with Crippen molar-refractivity contribution in [1.82, 2.24) is 40.4 Å². The molecule has 17 heteroatoms. The number of aliphatic hydroxyl groups excluding tert-OH is 1. The van der Waals surface area contributed by atoms with E-state index < -0.39 is 48.2 Å². The fraction of sp³-hybridized carbons (Fsp3) is 0.458. The molecular weight excluding hydrogens is 839 g/mol. The first-order chi connectivity index (χ1) is 31.1. The molecule has 4 fully saturated rings. The monoisotopic (exact) mass is 890 g/mol. The van der Waals surface area contributed by atoms with Crippen molar-refractivity contribution < 1.29 is 42.5 Å². The Morgan fingerprint density at radius 1 is 0.831 bits per heavy atom. The second-order valence-electron chi connectivity index (χ2n) is 18.9. The van der Waals surface area contributed by atoms with Crippen LogP contribution in [0.5, 0.6) is 0 Å². The number of rotatable bonds is 10. The van der Waals surface area contributed by atoms with Crippen molar-refractivity contribution in [2.45, 2.75) is 102 Å². The number of hydrogen-bond donors (Lipinski definition) is 5. The topological polar surface area (TPSA) is 195 Å². The highest BCUT2D eigenvalue weighted by molar-refractivity contribution is 5.89. The van der Waals surface area contributed by atoms with Crippen molar-refractivity contribution in [3.8, 4) is 33.5 Å². The average molecular weight is 891 g/mol. The third kappa shape index (κ3) is 7.18. The van der Waals surface area contributed by atoms with Crippen LogP contribution in [0.15, 0.2) is 60.8 Å². The zero-order valence-corrected chi connectivity index (χ0v) is 36.8. The highest BCUT2D eigenvalue weighted by Crippen LogP contribution is 2.59. The van der Waals surface area contributed by atoms with Gasteiger partial charge in [-0.2, -0.15) is 8.78 Å². The maximum atomic E-state index is 16.7. The number of hydrogen-bond acceptors (Lipinski definition) is 9. The van der Waals surface area contributed by atoms with Crippen LogP contribution in [0.2, 0.25) is 0 Å². The summed E-state index contributed by atoms with van der Waals surface area (Å²) in [5.41, 5.74) is 4.37. The average Bonchev–Trinajstić information content (AvgIpc) is 3.95. The number of methoxy groups -OCH3 is 2. The number of fused-ring (bicyclic) bond motifs is 6. The zero-order valence-electron chi connectivity index (χ0n) is 36.8. The molecule has 7 atom stereocenters. The van der Waals surface area contributed by atoms with Gasteiger partial charge in [0.1, 0.15) is 23.7 Å². The number of aromatic nitrogens is 4. The first-order valence-corrected chi connectivity index (χ1v) is 22.3. The SMILES string of the molecule is COC(=O)N[C@H](C(=O)N1[C@H]2CC[C@H](C2)[C@H]1c1nc2ccc(-c3ccc4c(c3)C(F)(F)c3cc(-c5cnc([C@@H]6CC7(CC7)CN6C(=O)[C@@H](NC(=O)OC)C(C)O)[nH]5)ccc3-4)cc2[nH]1)C(C)C. The molecule has 65 heavy (non-hydrogen) atoms. The van der Waals surface area contributed by atoms with E-state index in [4.69, 9.17) is 14.5 Å². The quantitative estimate of drug-likeness (QED) is 0.0954. The molecule has 0 radical (unpaired) electrons. The minimum atomic E-state index is -3.31. The Balaban J connectivity index is 0.896. The number of likely N-dealkylation sites (tertiary alicyclic amines) is 2. The number of halogens is 2. The molecule has 4 heterocycles. The number of amides is 4. The summed E-state index contributed by atoms with van der Waals surface area (Å²) in [4.78, 5) is 72.0. The van der Waals surface area contributed by atoms with Crippen LogP contribution in [-0.2, 0) is 25.0 Å². The van der Waals surface area contributed by atoms with Gasteiger partial charge < -0.3 is 45.0 Å². The van der Waals surface area contributed by atoms with Crippen LogP contribution in [0.3, 0.4) is 0 Å². The van der Waals surface area contributed by atoms with Gasteiger partial charge in [-0.3, -0.25) is 9.59 Å². The number of H-pyrrole nitrogens is 2. The molecule has 2 aliphatic heterocycles. The highest BCUT2D eigenvalue weighted by Gasteiger charge is 2.56. The van der Waals surface area contributed by atoms with E-state index in [0.29, 0.717) is 58.1 Å². The Hall–Kier alpha value is -6.36. The number of alkyl halides is 2. The fourth-order valence-corrected chi connectivity index (χ4v) is 10.9. The minimum Gasteiger partial charge on any atom is -0.453 e. The summed E-state index contributed by atoms with van der Waals surface area (Å²) in [5, 5.41) is 15.6. The lowest BCUT2D eigenvalue weighted by molar-refractivity contribution is -0.139. The van der Waals surface area contributed by atoms with E-state index in [-0.39, 0.29) is 46.4 Å². The van der Waals surface area contributed by atoms with Crippen LogP contribution in [0.25, 0.3) is 44.5 Å². The van der Waals surface area contributed by atoms with Gasteiger partial charge in [0.05, 0.1) is 55.3 Å². The first-order valence-electron chi connectivity index (χ1n) is 22.3. The van der Waals surface area contributed by atoms with Crippen LogP contribution in [0.1, 0.15) is 94.2 Å². The van der Waals surface area contributed by atoms with E-state index in [1.165, 1.54) is 27.2 Å². The van der Waals surface area contributed by atoms with Crippen LogP contribution in [0.4, 0.5) is 18.4 Å². The van der Waals surface area contributed by atoms with Gasteiger partial charge in [-0.15, -0.1) is 0 Å². The van der Waals surface area contributed by atoms with Gasteiger partial charge in [0.2, 0.25) is 11.8 Å². The number of aromatic amines is 2. The molecule has 5 aromatic rings. The molecule has 5 N–H and O–H groups in total. The molecule has 4 amide bonds. The number of ether oxygens (including phenoxy) is 2. The van der Waals surface area contributed by atoms with Crippen LogP contribution in [-0.4, -0.2) is 104 Å². The highest BCUT2D eigenvalue weighted by atomic mass is 19.3. The number of alkyl carbamates (subject to hydrolysis) is 2. The van der Waals surface area contributed by atoms with E-state index in [1.54, 1.807) is 35.4 Å². The van der Waals surface area contributed by atoms with E-state index in [9.17, 15) is 24.3 Å². The van der Waals surface area contributed by atoms with Gasteiger partial charge in [0.25, 0.3) is 5.92 Å². The lowest BCUT2D eigenvalue weighted by atomic mass is 9.95. The van der Waals surface area contributed by atoms with Crippen LogP contribution in [0, 0.1) is 17.3 Å². The second kappa shape index (κ2) is 15.7. The van der Waals surface area contributed by atoms with Crippen molar-refractivity contribution in [1.29, 1.82) is 0 Å². The molecule has 2 bridgehead atoms. The van der Waals surface area contributed by atoms with Gasteiger partial charge in [-0.1, -0.05) is 44.2 Å². The van der Waals surface area contributed by atoms with Crippen LogP contribution >= 0.6 is 0 Å². The fourth-order valence-electron chi connectivity index (χ4n) is 10.9. The standard InChI is InChI=1S/C48H52F2N8O7/c1-23(2)38(55-45(62)64-4)44(61)58-29-10-6-28(16-29)40(58)42-52-34-13-9-26(19-35(34)53-42)25-7-11-30-31-12-8-27(18-33(31)48(49,50)32(30)17-25)36-21-51-41(54-36)37-20-47(14-15-47)22-57(37)43(60)39(24(3)59)56-46(63)65-5/h7-9,11-13,17-19,21,23-24,28-29,37-40,59H,6,10,14-16,20,22H2,1-5H3,(H,51,54)(H,52,53)(H,55,62)(H,56,63)/t24?,28-,29+,37+,38+,39+,40+/m1/s1. The molecule has 5 aliphatic rings. The number of piperidine rings is 1. The molecular formula is C48H52F2N8O7. The third-order valence-electron chi connectivity index (χ3n) is 14.5. The summed E-state index contributed by atoms with van der Waals surface area (Å²) in [7, 11) is 2.46. The predicted octanol–water partition coefficient (Wildman–Crippen LogP) is 7.33. The number of nitrogens with zero attached hydrogens (tertiary/aromatic N) is 4. The molecule has 3 aromatic carbocycles. The van der Waals surface area contributed by atoms with Crippen molar-refractivity contribution in [2.75, 3.05) is 20.8 Å². The maximum absolute atomic E-state index is 16.7. The molecule has 15 nitrogen and oxygen atoms in total. The molecule has 340 valence electrons. The van der Waals surface area contributed by atoms with Crippen molar-refractivity contribution in [2.24, 2.45) is 17.3 Å². The summed E-state index contributed by atoms with van der Waals surface area (Å²) in [6.07, 6.45) is 4.12. The Morgan fingerprint density at radius 3 is 2.14 bits per heavy atom. The normalized spacial score (nSPS) is 23.3. The Morgan fingerprint density at radius 2 is 1.48 bits per heavy atom. The second-order valence-corrected chi connectivity index (χ2v) is 18.9. The van der Waals surface area contributed by atoms with Gasteiger partial charge in [0.15, 0.2) is 0 Å². The van der Waals surface area contributed by atoms with Crippen molar-refractivity contribution >= 4 is 35.0 Å². The molecule has 1 spiro atoms. The number of carbonyl (C=O) groups is 4. The molecule has 3 aliphatic carbocycles. The molecule has 2 saturated carbocycles. The van der Waals surface area contributed by atoms with Gasteiger partial charge in [-0.05, 0) is 109 Å². The lowest BCUT2D eigenvalue weighted by Gasteiger charge is -2.37. The summed E-state index contributed by atoms with van der Waals surface area (Å²) in [5.74, 6) is -2.73. The largest absolute Gasteiger partial charge is 0.453 e. The first kappa shape index (κ1) is 42.6. The summed E-state index contributed by atoms with van der Waals surface area (Å²) in [6, 6.07) is 13.0. The molecule has 2 saturated heterocycles. The van der Waals surface area contributed by atoms with E-state index in [2.05, 4.69) is 25.6 Å². The minimum absolute atomic E-state index is 0.0385. The van der Waals surface area contributed by atoms with E-state index in [1.807, 2.05) is 43.0 Å². The molecule has 1 unspecified atom stereocenters. The van der Waals surface area contributed by atoms with Crippen molar-refractivity contribution in [3.05, 3.63) is 83.6 Å². The number of benzene rings is 3. The van der Waals surface area contributed by atoms with E-state index >= 15 is 8.78 Å². The summed E-state index contributed by atoms with van der Waals surface area (Å²) < 4.78 is 42.8. The zero-order chi connectivity index (χ0) is 45.7. The van der Waals surface area contributed by atoms with Gasteiger partial charge in [-0.25, -0.2) is 19.6 Å². The molecule has 10 rings (SSSR count). The molecule has 2 aromatic heterocycles. The Labute approximate surface area is 373 Å². The van der Waals surface area contributed by atoms with Gasteiger partial charge in [0, 0.05) is 29.3 Å². The summed E-state index contributed by atoms with van der Waals surface area (Å²) >= 11 is 0. The van der Waals surface area contributed by atoms with Crippen molar-refractivity contribution in [3.63, 3.8) is 0 Å². The number of aliphatic hydroxyl groups is 1. The number of nitrogens with one attached hydrogen (secondary N) is 4. The lowest BCUT2D eigenvalue weighted by Crippen LogP contribution is -2.54. The summed E-state index contributed by atoms with van der Waals surface area (Å²) in [6.45, 7) is 5.65. The predicted molar refractivity (Wildman–Crippen MR) is 234 cm³/mol. The Kier molecular flexibility index (Phi) is 10.3. The van der Waals surface area contributed by atoms with E-state index in [0.717, 1.165) is 43.2 Å². The van der Waals surface area contributed by atoms with Crippen LogP contribution < -0.4 is 10.6 Å².